The van der Waals surface area contributed by atoms with E-state index in [1.54, 1.807) is 0 Å². The summed E-state index contributed by atoms with van der Waals surface area (Å²) < 4.78 is 0. The van der Waals surface area contributed by atoms with Crippen molar-refractivity contribution in [3.05, 3.63) is 79.7 Å². The molecule has 4 rings (SSSR count). The molecule has 0 unspecified atom stereocenters. The van der Waals surface area contributed by atoms with E-state index in [9.17, 15) is 0 Å². The molecule has 0 saturated carbocycles. The number of hydrogen-bond donors (Lipinski definition) is 2. The summed E-state index contributed by atoms with van der Waals surface area (Å²) in [7, 11) is 0. The van der Waals surface area contributed by atoms with Gasteiger partial charge in [-0.05, 0) is 112 Å². The topological polar surface area (TPSA) is 56.3 Å². The highest BCUT2D eigenvalue weighted by atomic mass is 14.8. The van der Waals surface area contributed by atoms with Gasteiger partial charge in [-0.2, -0.15) is 0 Å². The van der Waals surface area contributed by atoms with Gasteiger partial charge in [0.15, 0.2) is 0 Å². The second-order valence-corrected chi connectivity index (χ2v) is 9.32. The number of aromatic nitrogens is 2. The van der Waals surface area contributed by atoms with Gasteiger partial charge in [-0.1, -0.05) is 13.8 Å². The summed E-state index contributed by atoms with van der Waals surface area (Å²) in [6.45, 7) is 17.3. The maximum absolute atomic E-state index is 4.80. The van der Waals surface area contributed by atoms with Crippen LogP contribution in [-0.2, 0) is 6.42 Å². The lowest BCUT2D eigenvalue weighted by Crippen LogP contribution is -1.92. The smallest absolute Gasteiger partial charge is 0.0686 e. The van der Waals surface area contributed by atoms with Crippen LogP contribution in [0.4, 0.5) is 0 Å². The van der Waals surface area contributed by atoms with Crippen molar-refractivity contribution >= 4 is 23.6 Å². The lowest BCUT2D eigenvalue weighted by atomic mass is 10.0. The SMILES string of the molecule is CCC1=C(C)/C(=C/c2cc(C)c(Cc3cc(C)c(/C=C4\N=C(C)C(CC)=C4C)[nH]3)[nH]2)N=C1C. The molecule has 0 radical (unpaired) electrons. The number of aryl methyl sites for hydroxylation is 2. The van der Waals surface area contributed by atoms with Crippen LogP contribution in [0.15, 0.2) is 55.8 Å². The molecule has 4 heteroatoms. The van der Waals surface area contributed by atoms with Crippen LogP contribution in [-0.4, -0.2) is 21.4 Å². The van der Waals surface area contributed by atoms with E-state index in [1.165, 1.54) is 44.8 Å². The Balaban J connectivity index is 1.57. The summed E-state index contributed by atoms with van der Waals surface area (Å²) >= 11 is 0. The first-order valence-corrected chi connectivity index (χ1v) is 12.0. The Hall–Kier alpha value is -3.14. The van der Waals surface area contributed by atoms with E-state index in [2.05, 4.69) is 89.6 Å². The monoisotopic (exact) mass is 440 g/mol. The van der Waals surface area contributed by atoms with Crippen LogP contribution in [0.1, 0.15) is 88.3 Å². The Morgan fingerprint density at radius 3 is 1.85 bits per heavy atom. The summed E-state index contributed by atoms with van der Waals surface area (Å²) in [5.41, 5.74) is 17.0. The fourth-order valence-corrected chi connectivity index (χ4v) is 5.10. The molecule has 0 aromatic carbocycles. The standard InChI is InChI=1S/C29H36N4/c1-9-24-18(5)28(30-20(24)7)14-23-11-16(3)26(32-23)13-22-12-17(4)27(33-22)15-29-19(6)25(10-2)21(8)31-29/h11-12,14-15,32-33H,9-10,13H2,1-8H3/b28-14-,29-15-. The molecular weight excluding hydrogens is 404 g/mol. The Morgan fingerprint density at radius 2 is 1.30 bits per heavy atom. The molecular formula is C29H36N4. The zero-order chi connectivity index (χ0) is 23.9. The normalized spacial score (nSPS) is 18.9. The van der Waals surface area contributed by atoms with Crippen LogP contribution >= 0.6 is 0 Å². The van der Waals surface area contributed by atoms with Gasteiger partial charge in [-0.15, -0.1) is 0 Å². The molecule has 0 spiro atoms. The van der Waals surface area contributed by atoms with Gasteiger partial charge < -0.3 is 9.97 Å². The molecule has 0 bridgehead atoms. The molecule has 2 N–H and O–H groups in total. The lowest BCUT2D eigenvalue weighted by molar-refractivity contribution is 1.03. The largest absolute Gasteiger partial charge is 0.358 e. The summed E-state index contributed by atoms with van der Waals surface area (Å²) in [5.74, 6) is 0. The van der Waals surface area contributed by atoms with Gasteiger partial charge in [0.2, 0.25) is 0 Å². The van der Waals surface area contributed by atoms with Crippen LogP contribution in [0.2, 0.25) is 0 Å². The van der Waals surface area contributed by atoms with E-state index in [1.807, 2.05) is 0 Å². The zero-order valence-corrected chi connectivity index (χ0v) is 21.3. The maximum atomic E-state index is 4.80. The van der Waals surface area contributed by atoms with E-state index in [4.69, 9.17) is 9.98 Å². The first-order chi connectivity index (χ1) is 15.7. The predicted molar refractivity (Wildman–Crippen MR) is 142 cm³/mol. The molecule has 172 valence electrons. The van der Waals surface area contributed by atoms with Gasteiger partial charge >= 0.3 is 0 Å². The van der Waals surface area contributed by atoms with E-state index in [0.29, 0.717) is 0 Å². The number of hydrogen-bond acceptors (Lipinski definition) is 2. The number of nitrogens with zero attached hydrogens (tertiary/aromatic N) is 2. The Labute approximate surface area is 198 Å². The molecule has 0 saturated heterocycles. The molecule has 33 heavy (non-hydrogen) atoms. The van der Waals surface area contributed by atoms with Crippen molar-refractivity contribution in [2.24, 2.45) is 9.98 Å². The minimum absolute atomic E-state index is 0.841. The fraction of sp³-hybridized carbons (Fsp3) is 0.379. The summed E-state index contributed by atoms with van der Waals surface area (Å²) in [6, 6.07) is 4.47. The number of allylic oxidation sites excluding steroid dienone is 4. The third-order valence-corrected chi connectivity index (χ3v) is 7.03. The fourth-order valence-electron chi connectivity index (χ4n) is 5.10. The van der Waals surface area contributed by atoms with Crippen LogP contribution in [0.5, 0.6) is 0 Å². The Morgan fingerprint density at radius 1 is 0.727 bits per heavy atom. The molecule has 2 aromatic rings. The molecule has 0 aliphatic carbocycles. The Bertz CT molecular complexity index is 1300. The van der Waals surface area contributed by atoms with E-state index in [-0.39, 0.29) is 0 Å². The van der Waals surface area contributed by atoms with Gasteiger partial charge in [-0.3, -0.25) is 9.98 Å². The minimum Gasteiger partial charge on any atom is -0.358 e. The van der Waals surface area contributed by atoms with Gasteiger partial charge in [0.1, 0.15) is 0 Å². The van der Waals surface area contributed by atoms with Crippen molar-refractivity contribution in [3.8, 4) is 0 Å². The minimum atomic E-state index is 0.841. The number of rotatable bonds is 6. The molecule has 0 fully saturated rings. The third kappa shape index (κ3) is 4.39. The molecule has 4 nitrogen and oxygen atoms in total. The quantitative estimate of drug-likeness (QED) is 0.464. The molecule has 2 aliphatic heterocycles. The Kier molecular flexibility index (Phi) is 6.29. The number of nitrogens with one attached hydrogen (secondary N) is 2. The highest BCUT2D eigenvalue weighted by molar-refractivity contribution is 6.04. The van der Waals surface area contributed by atoms with Crippen molar-refractivity contribution in [1.82, 2.24) is 9.97 Å². The van der Waals surface area contributed by atoms with Crippen molar-refractivity contribution in [3.63, 3.8) is 0 Å². The van der Waals surface area contributed by atoms with Gasteiger partial charge in [0, 0.05) is 40.6 Å². The predicted octanol–water partition coefficient (Wildman–Crippen LogP) is 7.63. The third-order valence-electron chi connectivity index (χ3n) is 7.03. The summed E-state index contributed by atoms with van der Waals surface area (Å²) in [6.07, 6.45) is 7.26. The second-order valence-electron chi connectivity index (χ2n) is 9.32. The molecule has 0 atom stereocenters. The van der Waals surface area contributed by atoms with Crippen LogP contribution in [0, 0.1) is 13.8 Å². The highest BCUT2D eigenvalue weighted by Crippen LogP contribution is 2.31. The van der Waals surface area contributed by atoms with Gasteiger partial charge in [0.05, 0.1) is 11.4 Å². The zero-order valence-electron chi connectivity index (χ0n) is 21.3. The maximum Gasteiger partial charge on any atom is 0.0686 e. The molecule has 4 heterocycles. The van der Waals surface area contributed by atoms with Crippen LogP contribution in [0.25, 0.3) is 12.2 Å². The van der Waals surface area contributed by atoms with Crippen molar-refractivity contribution in [2.45, 2.75) is 74.7 Å². The summed E-state index contributed by atoms with van der Waals surface area (Å²) in [4.78, 5) is 16.8. The van der Waals surface area contributed by atoms with Crippen molar-refractivity contribution < 1.29 is 0 Å². The first kappa shape index (κ1) is 23.0. The van der Waals surface area contributed by atoms with Crippen LogP contribution < -0.4 is 0 Å². The first-order valence-electron chi connectivity index (χ1n) is 12.0. The molecule has 2 aliphatic rings. The second kappa shape index (κ2) is 9.01. The number of aromatic amines is 2. The van der Waals surface area contributed by atoms with Crippen LogP contribution in [0.3, 0.4) is 0 Å². The van der Waals surface area contributed by atoms with Crippen molar-refractivity contribution in [2.75, 3.05) is 0 Å². The van der Waals surface area contributed by atoms with E-state index < -0.39 is 0 Å². The van der Waals surface area contributed by atoms with Crippen molar-refractivity contribution in [1.29, 1.82) is 0 Å². The van der Waals surface area contributed by atoms with E-state index >= 15 is 0 Å². The number of H-pyrrole nitrogens is 2. The highest BCUT2D eigenvalue weighted by Gasteiger charge is 2.18. The van der Waals surface area contributed by atoms with E-state index in [0.717, 1.165) is 53.5 Å². The summed E-state index contributed by atoms with van der Waals surface area (Å²) in [5, 5.41) is 0. The van der Waals surface area contributed by atoms with Gasteiger partial charge in [0.25, 0.3) is 0 Å². The lowest BCUT2D eigenvalue weighted by Gasteiger charge is -2.01. The number of aliphatic imine (C=N–C) groups is 2. The average molecular weight is 441 g/mol. The average Bonchev–Trinajstić information content (AvgIpc) is 3.44. The molecule has 0 amide bonds. The molecule has 2 aromatic heterocycles. The van der Waals surface area contributed by atoms with Gasteiger partial charge in [-0.25, -0.2) is 0 Å².